The van der Waals surface area contributed by atoms with E-state index in [1.54, 1.807) is 24.1 Å². The highest BCUT2D eigenvalue weighted by Gasteiger charge is 2.55. The van der Waals surface area contributed by atoms with Crippen molar-refractivity contribution in [3.8, 4) is 0 Å². The molecule has 2 aliphatic rings. The first-order chi connectivity index (χ1) is 12.0. The summed E-state index contributed by atoms with van der Waals surface area (Å²) in [4.78, 5) is 25.8. The minimum atomic E-state index is -0.777. The molecule has 3 rings (SSSR count). The molecule has 1 unspecified atom stereocenters. The number of urea groups is 1. The van der Waals surface area contributed by atoms with Crippen LogP contribution in [0.2, 0.25) is 5.02 Å². The number of methoxy groups -OCH3 is 1. The molecule has 1 aromatic rings. The number of rotatable bonds is 5. The molecule has 1 aliphatic heterocycles. The molecule has 2 N–H and O–H groups in total. The Morgan fingerprint density at radius 2 is 2.16 bits per heavy atom. The van der Waals surface area contributed by atoms with Crippen molar-refractivity contribution >= 4 is 23.6 Å². The van der Waals surface area contributed by atoms with E-state index in [0.717, 1.165) is 18.4 Å². The summed E-state index contributed by atoms with van der Waals surface area (Å²) in [7, 11) is 1.59. The minimum Gasteiger partial charge on any atom is -0.481 e. The predicted molar refractivity (Wildman–Crippen MR) is 93.6 cm³/mol. The number of ether oxygens (including phenoxy) is 1. The molecule has 0 spiro atoms. The molecule has 3 atom stereocenters. The second-order valence-corrected chi connectivity index (χ2v) is 7.33. The van der Waals surface area contributed by atoms with Gasteiger partial charge in [0, 0.05) is 31.8 Å². The zero-order chi connectivity index (χ0) is 18.0. The first kappa shape index (κ1) is 18.0. The number of hydrogen-bond acceptors (Lipinski definition) is 3. The van der Waals surface area contributed by atoms with E-state index in [1.165, 1.54) is 0 Å². The lowest BCUT2D eigenvalue weighted by Gasteiger charge is -2.24. The van der Waals surface area contributed by atoms with Crippen LogP contribution in [0.4, 0.5) is 4.79 Å². The number of carboxylic acid groups (broad SMARTS) is 1. The van der Waals surface area contributed by atoms with Gasteiger partial charge in [0.05, 0.1) is 11.5 Å². The standard InChI is InChI=1S/C18H23ClN2O4/c1-25-15(12-4-6-14(19)7-5-12)9-20-17(24)21-10-13-3-2-8-18(13,11-21)16(22)23/h4-7,13,15H,2-3,8-11H2,1H3,(H,20,24)(H,22,23)/t13-,15?,18+/m0/s1. The molecule has 7 heteroatoms. The Balaban J connectivity index is 1.59. The van der Waals surface area contributed by atoms with Crippen LogP contribution in [0.5, 0.6) is 0 Å². The third-order valence-electron chi connectivity index (χ3n) is 5.55. The van der Waals surface area contributed by atoms with Gasteiger partial charge >= 0.3 is 12.0 Å². The summed E-state index contributed by atoms with van der Waals surface area (Å²) in [5.74, 6) is -0.716. The van der Waals surface area contributed by atoms with Crippen LogP contribution in [0.15, 0.2) is 24.3 Å². The Morgan fingerprint density at radius 3 is 2.76 bits per heavy atom. The van der Waals surface area contributed by atoms with Crippen molar-refractivity contribution in [2.24, 2.45) is 11.3 Å². The monoisotopic (exact) mass is 366 g/mol. The molecule has 1 heterocycles. The largest absolute Gasteiger partial charge is 0.481 e. The van der Waals surface area contributed by atoms with Gasteiger partial charge in [-0.2, -0.15) is 0 Å². The van der Waals surface area contributed by atoms with E-state index in [2.05, 4.69) is 5.32 Å². The van der Waals surface area contributed by atoms with Crippen LogP contribution in [-0.4, -0.2) is 48.8 Å². The summed E-state index contributed by atoms with van der Waals surface area (Å²) in [5, 5.41) is 13.1. The summed E-state index contributed by atoms with van der Waals surface area (Å²) < 4.78 is 5.45. The van der Waals surface area contributed by atoms with Gasteiger partial charge in [0.25, 0.3) is 0 Å². The Morgan fingerprint density at radius 1 is 1.44 bits per heavy atom. The van der Waals surface area contributed by atoms with Crippen LogP contribution in [0, 0.1) is 11.3 Å². The van der Waals surface area contributed by atoms with E-state index < -0.39 is 11.4 Å². The third kappa shape index (κ3) is 3.46. The van der Waals surface area contributed by atoms with Crippen molar-refractivity contribution in [2.45, 2.75) is 25.4 Å². The van der Waals surface area contributed by atoms with Gasteiger partial charge < -0.3 is 20.1 Å². The summed E-state index contributed by atoms with van der Waals surface area (Å²) in [6.07, 6.45) is 2.18. The van der Waals surface area contributed by atoms with Crippen molar-refractivity contribution in [1.29, 1.82) is 0 Å². The molecule has 1 aliphatic carbocycles. The maximum Gasteiger partial charge on any atom is 0.317 e. The van der Waals surface area contributed by atoms with Crippen molar-refractivity contribution < 1.29 is 19.4 Å². The number of carboxylic acids is 1. The van der Waals surface area contributed by atoms with E-state index in [9.17, 15) is 14.7 Å². The fraction of sp³-hybridized carbons (Fsp3) is 0.556. The van der Waals surface area contributed by atoms with Crippen molar-refractivity contribution in [2.75, 3.05) is 26.7 Å². The Bertz CT molecular complexity index is 651. The summed E-state index contributed by atoms with van der Waals surface area (Å²) >= 11 is 5.89. The molecule has 2 fully saturated rings. The van der Waals surface area contributed by atoms with Crippen molar-refractivity contribution in [3.05, 3.63) is 34.9 Å². The quantitative estimate of drug-likeness (QED) is 0.839. The molecule has 6 nitrogen and oxygen atoms in total. The van der Waals surface area contributed by atoms with Gasteiger partial charge in [-0.25, -0.2) is 4.79 Å². The topological polar surface area (TPSA) is 78.9 Å². The first-order valence-corrected chi connectivity index (χ1v) is 8.88. The summed E-state index contributed by atoms with van der Waals surface area (Å²) in [6, 6.07) is 7.06. The van der Waals surface area contributed by atoms with E-state index in [1.807, 2.05) is 12.1 Å². The average Bonchev–Trinajstić information content (AvgIpc) is 3.15. The molecule has 2 amide bonds. The second-order valence-electron chi connectivity index (χ2n) is 6.89. The highest BCUT2D eigenvalue weighted by molar-refractivity contribution is 6.30. The van der Waals surface area contributed by atoms with E-state index in [-0.39, 0.29) is 24.6 Å². The van der Waals surface area contributed by atoms with Gasteiger partial charge in [-0.15, -0.1) is 0 Å². The van der Waals surface area contributed by atoms with Crippen LogP contribution in [-0.2, 0) is 9.53 Å². The number of fused-ring (bicyclic) bond motifs is 1. The minimum absolute atomic E-state index is 0.0604. The zero-order valence-electron chi connectivity index (χ0n) is 14.2. The van der Waals surface area contributed by atoms with Gasteiger partial charge in [-0.3, -0.25) is 4.79 Å². The molecule has 25 heavy (non-hydrogen) atoms. The molecular formula is C18H23ClN2O4. The van der Waals surface area contributed by atoms with Crippen molar-refractivity contribution in [3.63, 3.8) is 0 Å². The lowest BCUT2D eigenvalue weighted by atomic mass is 9.81. The number of nitrogens with one attached hydrogen (secondary N) is 1. The smallest absolute Gasteiger partial charge is 0.317 e. The maximum atomic E-state index is 12.5. The van der Waals surface area contributed by atoms with Crippen LogP contribution in [0.3, 0.4) is 0 Å². The number of amides is 2. The second kappa shape index (κ2) is 7.22. The molecular weight excluding hydrogens is 344 g/mol. The molecule has 1 saturated heterocycles. The molecule has 1 aromatic carbocycles. The number of carbonyl (C=O) groups excluding carboxylic acids is 1. The van der Waals surface area contributed by atoms with E-state index in [4.69, 9.17) is 16.3 Å². The van der Waals surface area contributed by atoms with Gasteiger partial charge in [0.1, 0.15) is 0 Å². The van der Waals surface area contributed by atoms with Crippen molar-refractivity contribution in [1.82, 2.24) is 10.2 Å². The Kier molecular flexibility index (Phi) is 5.20. The number of nitrogens with zero attached hydrogens (tertiary/aromatic N) is 1. The number of likely N-dealkylation sites (tertiary alicyclic amines) is 1. The highest BCUT2D eigenvalue weighted by Crippen LogP contribution is 2.48. The third-order valence-corrected chi connectivity index (χ3v) is 5.80. The summed E-state index contributed by atoms with van der Waals surface area (Å²) in [5.41, 5.74) is 0.168. The van der Waals surface area contributed by atoms with Crippen LogP contribution < -0.4 is 5.32 Å². The van der Waals surface area contributed by atoms with E-state index in [0.29, 0.717) is 24.5 Å². The average molecular weight is 367 g/mol. The van der Waals surface area contributed by atoms with Gasteiger partial charge in [0.15, 0.2) is 0 Å². The normalized spacial score (nSPS) is 26.3. The molecule has 0 radical (unpaired) electrons. The maximum absolute atomic E-state index is 12.5. The molecule has 0 bridgehead atoms. The highest BCUT2D eigenvalue weighted by atomic mass is 35.5. The number of hydrogen-bond donors (Lipinski definition) is 2. The first-order valence-electron chi connectivity index (χ1n) is 8.50. The van der Waals surface area contributed by atoms with Crippen LogP contribution in [0.25, 0.3) is 0 Å². The Labute approximate surface area is 152 Å². The Hall–Kier alpha value is -1.79. The number of benzene rings is 1. The SMILES string of the molecule is COC(CNC(=O)N1C[C@@H]2CCC[C@@]2(C(=O)O)C1)c1ccc(Cl)cc1. The fourth-order valence-corrected chi connectivity index (χ4v) is 4.23. The van der Waals surface area contributed by atoms with Gasteiger partial charge in [-0.1, -0.05) is 30.2 Å². The number of halogens is 1. The van der Waals surface area contributed by atoms with Gasteiger partial charge in [0.2, 0.25) is 0 Å². The molecule has 136 valence electrons. The zero-order valence-corrected chi connectivity index (χ0v) is 15.0. The lowest BCUT2D eigenvalue weighted by Crippen LogP contribution is -2.43. The predicted octanol–water partition coefficient (Wildman–Crippen LogP) is 2.92. The fourth-order valence-electron chi connectivity index (χ4n) is 4.10. The van der Waals surface area contributed by atoms with E-state index >= 15 is 0 Å². The molecule has 0 aromatic heterocycles. The lowest BCUT2D eigenvalue weighted by molar-refractivity contribution is -0.149. The molecule has 1 saturated carbocycles. The van der Waals surface area contributed by atoms with Gasteiger partial charge in [-0.05, 0) is 36.5 Å². The number of carbonyl (C=O) groups is 2. The van der Waals surface area contributed by atoms with Crippen LogP contribution >= 0.6 is 11.6 Å². The van der Waals surface area contributed by atoms with Crippen LogP contribution in [0.1, 0.15) is 30.9 Å². The summed E-state index contributed by atoms with van der Waals surface area (Å²) in [6.45, 7) is 1.12. The number of aliphatic carboxylic acids is 1.